The number of benzene rings is 1. The van der Waals surface area contributed by atoms with Crippen molar-refractivity contribution in [3.8, 4) is 22.8 Å². The van der Waals surface area contributed by atoms with Crippen molar-refractivity contribution in [3.63, 3.8) is 0 Å². The SMILES string of the molecule is CCc1[nH]c(-c2cccc(-c3ccc(C)cc3)n2)nc1/C=C\CC(=N)N.N=CN. The van der Waals surface area contributed by atoms with Gasteiger partial charge in [-0.1, -0.05) is 48.9 Å². The summed E-state index contributed by atoms with van der Waals surface area (Å²) >= 11 is 0. The van der Waals surface area contributed by atoms with Crippen LogP contribution < -0.4 is 11.5 Å². The Morgan fingerprint density at radius 2 is 1.76 bits per heavy atom. The molecule has 0 saturated heterocycles. The van der Waals surface area contributed by atoms with E-state index in [1.54, 1.807) is 0 Å². The normalized spacial score (nSPS) is 10.4. The summed E-state index contributed by atoms with van der Waals surface area (Å²) in [4.78, 5) is 12.8. The average Bonchev–Trinajstić information content (AvgIpc) is 3.12. The number of nitrogens with two attached hydrogens (primary N) is 2. The van der Waals surface area contributed by atoms with Gasteiger partial charge >= 0.3 is 0 Å². The first-order valence-electron chi connectivity index (χ1n) is 9.31. The minimum absolute atomic E-state index is 0.141. The number of H-pyrrole nitrogens is 1. The summed E-state index contributed by atoms with van der Waals surface area (Å²) in [5.74, 6) is 0.890. The molecule has 0 bridgehead atoms. The number of hydrogen-bond acceptors (Lipinski definition) is 4. The topological polar surface area (TPSA) is 141 Å². The Morgan fingerprint density at radius 1 is 1.10 bits per heavy atom. The molecule has 0 saturated carbocycles. The summed E-state index contributed by atoms with van der Waals surface area (Å²) < 4.78 is 0. The molecular weight excluding hydrogens is 362 g/mol. The van der Waals surface area contributed by atoms with Crippen LogP contribution in [0.5, 0.6) is 0 Å². The summed E-state index contributed by atoms with van der Waals surface area (Å²) in [6.45, 7) is 4.15. The van der Waals surface area contributed by atoms with Crippen LogP contribution in [0.15, 0.2) is 48.5 Å². The molecule has 2 aromatic heterocycles. The van der Waals surface area contributed by atoms with E-state index < -0.39 is 0 Å². The fourth-order valence-corrected chi connectivity index (χ4v) is 2.70. The highest BCUT2D eigenvalue weighted by molar-refractivity contribution is 5.79. The summed E-state index contributed by atoms with van der Waals surface area (Å²) in [6.07, 6.45) is 5.78. The van der Waals surface area contributed by atoms with Gasteiger partial charge in [-0.25, -0.2) is 9.97 Å². The zero-order valence-corrected chi connectivity index (χ0v) is 16.7. The molecule has 0 atom stereocenters. The molecule has 150 valence electrons. The van der Waals surface area contributed by atoms with E-state index >= 15 is 0 Å². The first-order chi connectivity index (χ1) is 14.0. The van der Waals surface area contributed by atoms with Crippen molar-refractivity contribution in [1.29, 1.82) is 10.8 Å². The van der Waals surface area contributed by atoms with Gasteiger partial charge in [0.1, 0.15) is 5.69 Å². The van der Waals surface area contributed by atoms with Crippen LogP contribution in [0.25, 0.3) is 28.9 Å². The Labute approximate surface area is 170 Å². The van der Waals surface area contributed by atoms with Crippen LogP contribution in [0.1, 0.15) is 30.3 Å². The van der Waals surface area contributed by atoms with E-state index in [0.29, 0.717) is 6.42 Å². The molecule has 0 radical (unpaired) electrons. The summed E-state index contributed by atoms with van der Waals surface area (Å²) in [6, 6.07) is 14.3. The first kappa shape index (κ1) is 21.6. The highest BCUT2D eigenvalue weighted by atomic mass is 15.0. The van der Waals surface area contributed by atoms with Crippen molar-refractivity contribution >= 4 is 18.3 Å². The van der Waals surface area contributed by atoms with Crippen molar-refractivity contribution in [1.82, 2.24) is 15.0 Å². The van der Waals surface area contributed by atoms with Crippen molar-refractivity contribution in [3.05, 3.63) is 65.5 Å². The van der Waals surface area contributed by atoms with Crippen molar-refractivity contribution < 1.29 is 0 Å². The second-order valence-corrected chi connectivity index (χ2v) is 6.38. The van der Waals surface area contributed by atoms with E-state index in [2.05, 4.69) is 53.8 Å². The molecule has 29 heavy (non-hydrogen) atoms. The molecule has 3 rings (SSSR count). The van der Waals surface area contributed by atoms with Gasteiger partial charge in [0, 0.05) is 17.7 Å². The largest absolute Gasteiger partial charge is 0.390 e. The van der Waals surface area contributed by atoms with Gasteiger partial charge in [0.25, 0.3) is 0 Å². The van der Waals surface area contributed by atoms with Gasteiger partial charge in [0.2, 0.25) is 0 Å². The number of nitrogens with zero attached hydrogens (tertiary/aromatic N) is 2. The molecule has 0 unspecified atom stereocenters. The Morgan fingerprint density at radius 3 is 2.38 bits per heavy atom. The van der Waals surface area contributed by atoms with Gasteiger partial charge < -0.3 is 16.5 Å². The molecule has 3 aromatic rings. The molecular formula is C22H27N7. The zero-order chi connectivity index (χ0) is 21.2. The van der Waals surface area contributed by atoms with Gasteiger partial charge in [-0.2, -0.15) is 0 Å². The number of aromatic nitrogens is 3. The number of rotatable bonds is 6. The lowest BCUT2D eigenvalue weighted by atomic mass is 10.1. The Bertz CT molecular complexity index is 985. The lowest BCUT2D eigenvalue weighted by molar-refractivity contribution is 1.06. The van der Waals surface area contributed by atoms with Gasteiger partial charge in [-0.3, -0.25) is 10.8 Å². The van der Waals surface area contributed by atoms with Crippen LogP contribution in [0.3, 0.4) is 0 Å². The molecule has 1 aromatic carbocycles. The summed E-state index contributed by atoms with van der Waals surface area (Å²) in [7, 11) is 0. The first-order valence-corrected chi connectivity index (χ1v) is 9.31. The number of nitrogens with one attached hydrogen (secondary N) is 3. The predicted octanol–water partition coefficient (Wildman–Crippen LogP) is 3.90. The Hall–Kier alpha value is -3.74. The smallest absolute Gasteiger partial charge is 0.156 e. The van der Waals surface area contributed by atoms with Crippen molar-refractivity contribution in [2.45, 2.75) is 26.7 Å². The van der Waals surface area contributed by atoms with Crippen molar-refractivity contribution in [2.24, 2.45) is 11.5 Å². The van der Waals surface area contributed by atoms with E-state index in [1.807, 2.05) is 30.4 Å². The third kappa shape index (κ3) is 6.14. The standard InChI is InChI=1S/C21H23N5.CH4N2/c1-3-16-18(7-5-9-20(22)23)26-21(25-16)19-8-4-6-17(24-19)15-12-10-14(2)11-13-15;2-1-3/h4-8,10-13H,3,9H2,1-2H3,(H3,22,23)(H,25,26);1H,(H3,2,3)/b7-5-;. The number of aromatic amines is 1. The fraction of sp³-hybridized carbons (Fsp3) is 0.182. The maximum atomic E-state index is 7.31. The molecule has 0 fully saturated rings. The molecule has 0 aliphatic carbocycles. The van der Waals surface area contributed by atoms with Crippen LogP contribution in [-0.4, -0.2) is 27.1 Å². The van der Waals surface area contributed by atoms with E-state index in [-0.39, 0.29) is 5.84 Å². The third-order valence-electron chi connectivity index (χ3n) is 4.12. The monoisotopic (exact) mass is 389 g/mol. The minimum atomic E-state index is 0.141. The number of pyridine rings is 1. The average molecular weight is 390 g/mol. The Balaban J connectivity index is 0.000000941. The third-order valence-corrected chi connectivity index (χ3v) is 4.12. The second kappa shape index (κ2) is 10.6. The molecule has 7 heteroatoms. The molecule has 0 amide bonds. The quantitative estimate of drug-likeness (QED) is 0.322. The van der Waals surface area contributed by atoms with Gasteiger partial charge in [-0.05, 0) is 31.6 Å². The number of hydrogen-bond donors (Lipinski definition) is 5. The molecule has 0 spiro atoms. The number of imidazole rings is 1. The van der Waals surface area contributed by atoms with Crippen LogP contribution >= 0.6 is 0 Å². The summed E-state index contributed by atoms with van der Waals surface area (Å²) in [5, 5.41) is 13.2. The Kier molecular flexibility index (Phi) is 7.85. The predicted molar refractivity (Wildman–Crippen MR) is 120 cm³/mol. The molecule has 7 N–H and O–H groups in total. The van der Waals surface area contributed by atoms with Gasteiger partial charge in [0.05, 0.1) is 23.6 Å². The highest BCUT2D eigenvalue weighted by Crippen LogP contribution is 2.23. The van der Waals surface area contributed by atoms with Crippen LogP contribution in [0, 0.1) is 17.7 Å². The van der Waals surface area contributed by atoms with E-state index in [9.17, 15) is 0 Å². The minimum Gasteiger partial charge on any atom is -0.390 e. The highest BCUT2D eigenvalue weighted by Gasteiger charge is 2.10. The van der Waals surface area contributed by atoms with Gasteiger partial charge in [0.15, 0.2) is 5.82 Å². The molecule has 7 nitrogen and oxygen atoms in total. The van der Waals surface area contributed by atoms with Crippen LogP contribution in [-0.2, 0) is 6.42 Å². The van der Waals surface area contributed by atoms with E-state index in [4.69, 9.17) is 21.5 Å². The number of aryl methyl sites for hydroxylation is 2. The lowest BCUT2D eigenvalue weighted by Gasteiger charge is -2.03. The molecule has 0 aliphatic heterocycles. The van der Waals surface area contributed by atoms with Crippen LogP contribution in [0.2, 0.25) is 0 Å². The molecule has 2 heterocycles. The lowest BCUT2D eigenvalue weighted by Crippen LogP contribution is -2.06. The van der Waals surface area contributed by atoms with E-state index in [0.717, 1.165) is 46.9 Å². The summed E-state index contributed by atoms with van der Waals surface area (Å²) in [5.41, 5.74) is 15.7. The zero-order valence-electron chi connectivity index (χ0n) is 16.7. The van der Waals surface area contributed by atoms with Crippen molar-refractivity contribution in [2.75, 3.05) is 0 Å². The fourth-order valence-electron chi connectivity index (χ4n) is 2.70. The van der Waals surface area contributed by atoms with Crippen LogP contribution in [0.4, 0.5) is 0 Å². The maximum Gasteiger partial charge on any atom is 0.156 e. The molecule has 0 aliphatic rings. The maximum absolute atomic E-state index is 7.31. The second-order valence-electron chi connectivity index (χ2n) is 6.38. The van der Waals surface area contributed by atoms with Gasteiger partial charge in [-0.15, -0.1) is 0 Å². The number of amidine groups is 1. The van der Waals surface area contributed by atoms with E-state index in [1.165, 1.54) is 5.56 Å².